The van der Waals surface area contributed by atoms with Crippen LogP contribution >= 0.6 is 0 Å². The smallest absolute Gasteiger partial charge is 0.305 e. The summed E-state index contributed by atoms with van der Waals surface area (Å²) in [6.07, 6.45) is 75.1. The highest BCUT2D eigenvalue weighted by atomic mass is 16.5. The molecule has 0 heterocycles. The maximum absolute atomic E-state index is 12.5. The molecule has 0 aliphatic heterocycles. The number of nitrogens with one attached hydrogen (secondary N) is 1. The predicted octanol–water partition coefficient (Wildman–Crippen LogP) is 20.2. The number of aliphatic hydroxyl groups excluding tert-OH is 2. The molecule has 1 amide bonds. The molecule has 0 rings (SSSR count). The number of carbonyl (C=O) groups excluding carboxylic acids is 2. The standard InChI is InChI=1S/C65H125NO5/c1-3-5-7-9-11-13-15-16-17-18-25-28-31-34-38-41-45-49-53-57-63(68)62(61-67)66-64(69)58-54-50-46-42-39-35-32-29-26-23-21-19-20-22-24-27-30-33-36-40-44-48-52-56-60-71-65(70)59-55-51-47-43-37-14-12-10-8-6-4-2/h21,23,53,57,62-63,67-68H,3-20,22,24-52,54-56,58-61H2,1-2H3,(H,66,69)/b23-21-,57-53+. The number of ether oxygens (including phenoxy) is 1. The van der Waals surface area contributed by atoms with Crippen molar-refractivity contribution in [2.45, 2.75) is 366 Å². The van der Waals surface area contributed by atoms with Crippen molar-refractivity contribution in [1.82, 2.24) is 5.32 Å². The topological polar surface area (TPSA) is 95.9 Å². The Balaban J connectivity index is 3.44. The zero-order valence-electron chi connectivity index (χ0n) is 48.0. The molecule has 0 saturated carbocycles. The van der Waals surface area contributed by atoms with Crippen molar-refractivity contribution in [2.75, 3.05) is 13.2 Å². The van der Waals surface area contributed by atoms with Gasteiger partial charge in [0.25, 0.3) is 0 Å². The van der Waals surface area contributed by atoms with Crippen LogP contribution in [-0.2, 0) is 14.3 Å². The second kappa shape index (κ2) is 60.9. The summed E-state index contributed by atoms with van der Waals surface area (Å²) in [5.41, 5.74) is 0. The number of amides is 1. The van der Waals surface area contributed by atoms with Gasteiger partial charge in [0.15, 0.2) is 0 Å². The van der Waals surface area contributed by atoms with E-state index in [1.165, 1.54) is 289 Å². The summed E-state index contributed by atoms with van der Waals surface area (Å²) in [6.45, 7) is 4.92. The summed E-state index contributed by atoms with van der Waals surface area (Å²) < 4.78 is 5.47. The molecular weight excluding hydrogens is 875 g/mol. The summed E-state index contributed by atoms with van der Waals surface area (Å²) in [5.74, 6) is -0.0574. The SMILES string of the molecule is CCCCCCCCCCCCCCCCCCC/C=C/C(O)C(CO)NC(=O)CCCCCCCCCC/C=C\CCCCCCCCCCCCCCOC(=O)CCCCCCCCCCCCC. The highest BCUT2D eigenvalue weighted by Crippen LogP contribution is 2.18. The van der Waals surface area contributed by atoms with E-state index in [0.717, 1.165) is 38.5 Å². The van der Waals surface area contributed by atoms with Crippen LogP contribution in [0.5, 0.6) is 0 Å². The molecule has 0 aromatic heterocycles. The average molecular weight is 1000 g/mol. The van der Waals surface area contributed by atoms with E-state index in [4.69, 9.17) is 4.74 Å². The quantitative estimate of drug-likeness (QED) is 0.0320. The lowest BCUT2D eigenvalue weighted by Gasteiger charge is -2.20. The largest absolute Gasteiger partial charge is 0.466 e. The van der Waals surface area contributed by atoms with E-state index in [1.54, 1.807) is 6.08 Å². The Morgan fingerprint density at radius 1 is 0.380 bits per heavy atom. The van der Waals surface area contributed by atoms with Gasteiger partial charge in [0.1, 0.15) is 0 Å². The number of unbranched alkanes of at least 4 members (excludes halogenated alkanes) is 47. The van der Waals surface area contributed by atoms with Gasteiger partial charge in [0.05, 0.1) is 25.4 Å². The van der Waals surface area contributed by atoms with Crippen molar-refractivity contribution in [1.29, 1.82) is 0 Å². The van der Waals surface area contributed by atoms with Crippen LogP contribution in [0, 0.1) is 0 Å². The minimum absolute atomic E-state index is 0.0121. The van der Waals surface area contributed by atoms with E-state index in [9.17, 15) is 19.8 Å². The van der Waals surface area contributed by atoms with E-state index >= 15 is 0 Å². The number of rotatable bonds is 60. The van der Waals surface area contributed by atoms with E-state index < -0.39 is 12.1 Å². The highest BCUT2D eigenvalue weighted by Gasteiger charge is 2.18. The third-order valence-electron chi connectivity index (χ3n) is 15.0. The van der Waals surface area contributed by atoms with Gasteiger partial charge in [0.2, 0.25) is 5.91 Å². The first-order valence-electron chi connectivity index (χ1n) is 32.1. The van der Waals surface area contributed by atoms with Crippen LogP contribution in [-0.4, -0.2) is 47.4 Å². The van der Waals surface area contributed by atoms with Crippen LogP contribution in [0.4, 0.5) is 0 Å². The Hall–Kier alpha value is -1.66. The molecule has 0 spiro atoms. The van der Waals surface area contributed by atoms with E-state index in [2.05, 4.69) is 31.3 Å². The fourth-order valence-corrected chi connectivity index (χ4v) is 10.0. The first-order chi connectivity index (χ1) is 35.0. The van der Waals surface area contributed by atoms with Gasteiger partial charge in [0, 0.05) is 12.8 Å². The predicted molar refractivity (Wildman–Crippen MR) is 310 cm³/mol. The second-order valence-corrected chi connectivity index (χ2v) is 22.1. The molecule has 0 radical (unpaired) electrons. The van der Waals surface area contributed by atoms with Gasteiger partial charge in [-0.25, -0.2) is 0 Å². The van der Waals surface area contributed by atoms with Crippen molar-refractivity contribution in [3.8, 4) is 0 Å². The molecular formula is C65H125NO5. The van der Waals surface area contributed by atoms with Crippen molar-refractivity contribution in [3.05, 3.63) is 24.3 Å². The Kier molecular flexibility index (Phi) is 59.5. The normalized spacial score (nSPS) is 12.7. The van der Waals surface area contributed by atoms with Gasteiger partial charge in [-0.1, -0.05) is 308 Å². The fourth-order valence-electron chi connectivity index (χ4n) is 10.0. The molecule has 0 saturated heterocycles. The molecule has 0 aromatic rings. The molecule has 0 aromatic carbocycles. The average Bonchev–Trinajstić information content (AvgIpc) is 3.37. The van der Waals surface area contributed by atoms with Gasteiger partial charge in [-0.3, -0.25) is 9.59 Å². The van der Waals surface area contributed by atoms with E-state index in [0.29, 0.717) is 19.4 Å². The number of allylic oxidation sites excluding steroid dienone is 3. The number of hydrogen-bond donors (Lipinski definition) is 3. The van der Waals surface area contributed by atoms with Crippen molar-refractivity contribution in [2.24, 2.45) is 0 Å². The van der Waals surface area contributed by atoms with Gasteiger partial charge in [-0.15, -0.1) is 0 Å². The zero-order valence-corrected chi connectivity index (χ0v) is 48.0. The first kappa shape index (κ1) is 69.3. The lowest BCUT2D eigenvalue weighted by Crippen LogP contribution is -2.45. The van der Waals surface area contributed by atoms with Crippen molar-refractivity contribution < 1.29 is 24.5 Å². The summed E-state index contributed by atoms with van der Waals surface area (Å²) in [6, 6.07) is -0.631. The summed E-state index contributed by atoms with van der Waals surface area (Å²) >= 11 is 0. The molecule has 0 bridgehead atoms. The lowest BCUT2D eigenvalue weighted by molar-refractivity contribution is -0.143. The monoisotopic (exact) mass is 1000 g/mol. The number of carbonyl (C=O) groups is 2. The highest BCUT2D eigenvalue weighted by molar-refractivity contribution is 5.76. The number of hydrogen-bond acceptors (Lipinski definition) is 5. The molecule has 0 fully saturated rings. The Labute approximate surface area is 443 Å². The molecule has 2 atom stereocenters. The minimum Gasteiger partial charge on any atom is -0.466 e. The minimum atomic E-state index is -0.847. The van der Waals surface area contributed by atoms with Crippen molar-refractivity contribution in [3.63, 3.8) is 0 Å². The van der Waals surface area contributed by atoms with Crippen LogP contribution < -0.4 is 5.32 Å². The van der Waals surface area contributed by atoms with Crippen LogP contribution in [0.15, 0.2) is 24.3 Å². The van der Waals surface area contributed by atoms with Gasteiger partial charge < -0.3 is 20.3 Å². The maximum atomic E-state index is 12.5. The van der Waals surface area contributed by atoms with Crippen molar-refractivity contribution >= 4 is 11.9 Å². The van der Waals surface area contributed by atoms with Crippen LogP contribution in [0.25, 0.3) is 0 Å². The van der Waals surface area contributed by atoms with Crippen LogP contribution in [0.2, 0.25) is 0 Å². The summed E-state index contributed by atoms with van der Waals surface area (Å²) in [5, 5.41) is 23.2. The molecule has 3 N–H and O–H groups in total. The lowest BCUT2D eigenvalue weighted by atomic mass is 10.0. The Morgan fingerprint density at radius 3 is 1.00 bits per heavy atom. The molecule has 2 unspecified atom stereocenters. The second-order valence-electron chi connectivity index (χ2n) is 22.1. The van der Waals surface area contributed by atoms with Crippen LogP contribution in [0.1, 0.15) is 354 Å². The molecule has 0 aliphatic rings. The molecule has 6 heteroatoms. The van der Waals surface area contributed by atoms with Crippen LogP contribution in [0.3, 0.4) is 0 Å². The Morgan fingerprint density at radius 2 is 0.662 bits per heavy atom. The zero-order chi connectivity index (χ0) is 51.4. The molecule has 420 valence electrons. The maximum Gasteiger partial charge on any atom is 0.305 e. The number of aliphatic hydroxyl groups is 2. The van der Waals surface area contributed by atoms with E-state index in [1.807, 2.05) is 6.08 Å². The first-order valence-corrected chi connectivity index (χ1v) is 32.1. The summed E-state index contributed by atoms with van der Waals surface area (Å²) in [4.78, 5) is 24.5. The number of esters is 1. The molecule has 6 nitrogen and oxygen atoms in total. The third kappa shape index (κ3) is 57.5. The Bertz CT molecular complexity index is 1110. The van der Waals surface area contributed by atoms with Gasteiger partial charge in [-0.2, -0.15) is 0 Å². The molecule has 0 aliphatic carbocycles. The fraction of sp³-hybridized carbons (Fsp3) is 0.908. The third-order valence-corrected chi connectivity index (χ3v) is 15.0. The molecule has 71 heavy (non-hydrogen) atoms. The van der Waals surface area contributed by atoms with Gasteiger partial charge in [-0.05, 0) is 57.8 Å². The summed E-state index contributed by atoms with van der Waals surface area (Å²) in [7, 11) is 0. The van der Waals surface area contributed by atoms with E-state index in [-0.39, 0.29) is 18.5 Å². The van der Waals surface area contributed by atoms with Gasteiger partial charge >= 0.3 is 5.97 Å².